The maximum absolute atomic E-state index is 13.7. The van der Waals surface area contributed by atoms with Crippen molar-refractivity contribution in [3.8, 4) is 0 Å². The van der Waals surface area contributed by atoms with Gasteiger partial charge in [0, 0.05) is 37.0 Å². The molecular weight excluding hydrogens is 366 g/mol. The lowest BCUT2D eigenvalue weighted by atomic mass is 9.96. The molecule has 1 aliphatic heterocycles. The van der Waals surface area contributed by atoms with Gasteiger partial charge in [-0.2, -0.15) is 0 Å². The number of carbonyl (C=O) groups is 2. The van der Waals surface area contributed by atoms with Crippen LogP contribution in [0, 0.1) is 5.92 Å². The van der Waals surface area contributed by atoms with E-state index in [2.05, 4.69) is 15.3 Å². The molecule has 2 aliphatic carbocycles. The number of fused-ring (bicyclic) bond motifs is 1. The second kappa shape index (κ2) is 5.94. The van der Waals surface area contributed by atoms with E-state index in [1.54, 1.807) is 11.1 Å². The third kappa shape index (κ3) is 2.66. The monoisotopic (exact) mass is 386 g/mol. The standard InChI is InChI=1S/C20H20F2N4O2/c21-20(22)10-19(20,11-27)26-7-4-12(5-8-26)15-9-16(25-18(28)13-1-2-13)24-17-14(15)3-6-23-17/h3-4,6,9,11,13H,1-2,5,7-8,10H2,(H2,23,24,25,28). The van der Waals surface area contributed by atoms with Crippen molar-refractivity contribution >= 4 is 34.6 Å². The van der Waals surface area contributed by atoms with Gasteiger partial charge >= 0.3 is 0 Å². The molecule has 28 heavy (non-hydrogen) atoms. The van der Waals surface area contributed by atoms with Crippen molar-refractivity contribution < 1.29 is 18.4 Å². The van der Waals surface area contributed by atoms with Crippen LogP contribution < -0.4 is 5.32 Å². The van der Waals surface area contributed by atoms with Crippen molar-refractivity contribution in [2.75, 3.05) is 18.4 Å². The first kappa shape index (κ1) is 17.5. The molecule has 2 saturated carbocycles. The molecule has 1 unspecified atom stereocenters. The lowest BCUT2D eigenvalue weighted by Crippen LogP contribution is -2.45. The maximum atomic E-state index is 13.7. The number of amides is 1. The number of aldehydes is 1. The van der Waals surface area contributed by atoms with Crippen molar-refractivity contribution in [3.05, 3.63) is 30.0 Å². The quantitative estimate of drug-likeness (QED) is 0.775. The van der Waals surface area contributed by atoms with Crippen LogP contribution in [0.25, 0.3) is 16.6 Å². The molecule has 8 heteroatoms. The summed E-state index contributed by atoms with van der Waals surface area (Å²) in [5, 5.41) is 3.80. The molecular formula is C20H20F2N4O2. The number of nitrogens with one attached hydrogen (secondary N) is 2. The second-order valence-corrected chi connectivity index (χ2v) is 7.91. The number of aromatic amines is 1. The van der Waals surface area contributed by atoms with Crippen molar-refractivity contribution in [1.29, 1.82) is 0 Å². The summed E-state index contributed by atoms with van der Waals surface area (Å²) in [7, 11) is 0. The molecule has 0 bridgehead atoms. The number of nitrogens with zero attached hydrogens (tertiary/aromatic N) is 2. The average Bonchev–Trinajstić information content (AvgIpc) is 3.57. The molecule has 0 radical (unpaired) electrons. The molecule has 1 atom stereocenters. The van der Waals surface area contributed by atoms with E-state index in [-0.39, 0.29) is 11.8 Å². The van der Waals surface area contributed by atoms with Gasteiger partial charge in [0.05, 0.1) is 0 Å². The van der Waals surface area contributed by atoms with E-state index in [1.165, 1.54) is 0 Å². The van der Waals surface area contributed by atoms with Gasteiger partial charge < -0.3 is 15.1 Å². The molecule has 3 aliphatic rings. The average molecular weight is 386 g/mol. The Balaban J connectivity index is 1.43. The van der Waals surface area contributed by atoms with E-state index in [9.17, 15) is 18.4 Å². The minimum atomic E-state index is -2.94. The highest BCUT2D eigenvalue weighted by atomic mass is 19.3. The number of aromatic nitrogens is 2. The van der Waals surface area contributed by atoms with E-state index >= 15 is 0 Å². The fourth-order valence-electron chi connectivity index (χ4n) is 4.06. The van der Waals surface area contributed by atoms with Crippen molar-refractivity contribution in [2.45, 2.75) is 37.1 Å². The fourth-order valence-corrected chi connectivity index (χ4v) is 4.06. The molecule has 2 fully saturated rings. The van der Waals surface area contributed by atoms with Gasteiger partial charge in [-0.15, -0.1) is 0 Å². The summed E-state index contributed by atoms with van der Waals surface area (Å²) in [5.74, 6) is -2.39. The number of hydrogen-bond donors (Lipinski definition) is 2. The molecule has 2 N–H and O–H groups in total. The third-order valence-corrected chi connectivity index (χ3v) is 6.04. The maximum Gasteiger partial charge on any atom is 0.275 e. The number of H-pyrrole nitrogens is 1. The Bertz CT molecular complexity index is 1010. The topological polar surface area (TPSA) is 78.1 Å². The zero-order valence-electron chi connectivity index (χ0n) is 15.2. The number of rotatable bonds is 5. The van der Waals surface area contributed by atoms with Gasteiger partial charge in [0.2, 0.25) is 5.91 Å². The number of anilines is 1. The number of hydrogen-bond acceptors (Lipinski definition) is 4. The Morgan fingerprint density at radius 1 is 1.39 bits per heavy atom. The van der Waals surface area contributed by atoms with Crippen LogP contribution in [-0.4, -0.2) is 51.6 Å². The summed E-state index contributed by atoms with van der Waals surface area (Å²) in [6.07, 6.45) is 6.05. The molecule has 1 amide bonds. The zero-order chi connectivity index (χ0) is 19.5. The van der Waals surface area contributed by atoms with Gasteiger partial charge in [-0.25, -0.2) is 13.8 Å². The van der Waals surface area contributed by atoms with Gasteiger partial charge in [0.15, 0.2) is 0 Å². The Labute approximate surface area is 160 Å². The summed E-state index contributed by atoms with van der Waals surface area (Å²) in [4.78, 5) is 32.5. The lowest BCUT2D eigenvalue weighted by molar-refractivity contribution is -0.118. The number of alkyl halides is 2. The van der Waals surface area contributed by atoms with E-state index in [0.29, 0.717) is 37.3 Å². The second-order valence-electron chi connectivity index (χ2n) is 7.91. The number of halogens is 2. The highest BCUT2D eigenvalue weighted by molar-refractivity contribution is 5.97. The smallest absolute Gasteiger partial charge is 0.275 e. The molecule has 146 valence electrons. The molecule has 0 saturated heterocycles. The molecule has 2 aromatic rings. The van der Waals surface area contributed by atoms with Gasteiger partial charge in [-0.05, 0) is 42.5 Å². The molecule has 2 aromatic heterocycles. The minimum absolute atomic E-state index is 0.0166. The number of carbonyl (C=O) groups excluding carboxylic acids is 2. The Kier molecular flexibility index (Phi) is 3.71. The first-order chi connectivity index (χ1) is 13.4. The summed E-state index contributed by atoms with van der Waals surface area (Å²) >= 11 is 0. The van der Waals surface area contributed by atoms with Crippen LogP contribution in [0.5, 0.6) is 0 Å². The van der Waals surface area contributed by atoms with Crippen molar-refractivity contribution in [3.63, 3.8) is 0 Å². The van der Waals surface area contributed by atoms with E-state index in [4.69, 9.17) is 0 Å². The van der Waals surface area contributed by atoms with Crippen LogP contribution >= 0.6 is 0 Å². The van der Waals surface area contributed by atoms with Crippen LogP contribution in [0.2, 0.25) is 0 Å². The van der Waals surface area contributed by atoms with Crippen LogP contribution in [0.3, 0.4) is 0 Å². The third-order valence-electron chi connectivity index (χ3n) is 6.04. The molecule has 0 aromatic carbocycles. The summed E-state index contributed by atoms with van der Waals surface area (Å²) in [6, 6.07) is 3.76. The first-order valence-corrected chi connectivity index (χ1v) is 9.51. The highest BCUT2D eigenvalue weighted by Gasteiger charge is 2.74. The summed E-state index contributed by atoms with van der Waals surface area (Å²) in [6.45, 7) is 0.680. The van der Waals surface area contributed by atoms with E-state index in [1.807, 2.05) is 18.2 Å². The van der Waals surface area contributed by atoms with E-state index in [0.717, 1.165) is 29.4 Å². The van der Waals surface area contributed by atoms with Gasteiger partial charge in [0.25, 0.3) is 5.92 Å². The Morgan fingerprint density at radius 2 is 2.18 bits per heavy atom. The lowest BCUT2D eigenvalue weighted by Gasteiger charge is -2.31. The van der Waals surface area contributed by atoms with Gasteiger partial charge in [0.1, 0.15) is 23.3 Å². The Hall–Kier alpha value is -2.61. The van der Waals surface area contributed by atoms with Crippen LogP contribution in [0.1, 0.15) is 31.2 Å². The summed E-state index contributed by atoms with van der Waals surface area (Å²) in [5.41, 5.74) is 0.972. The molecule has 3 heterocycles. The van der Waals surface area contributed by atoms with Crippen LogP contribution in [0.15, 0.2) is 24.4 Å². The van der Waals surface area contributed by atoms with Crippen LogP contribution in [0.4, 0.5) is 14.6 Å². The van der Waals surface area contributed by atoms with E-state index < -0.39 is 17.9 Å². The first-order valence-electron chi connectivity index (χ1n) is 9.51. The van der Waals surface area contributed by atoms with Gasteiger partial charge in [-0.1, -0.05) is 6.08 Å². The molecule has 0 spiro atoms. The summed E-state index contributed by atoms with van der Waals surface area (Å²) < 4.78 is 27.4. The molecule has 5 rings (SSSR count). The highest BCUT2D eigenvalue weighted by Crippen LogP contribution is 2.56. The largest absolute Gasteiger partial charge is 0.346 e. The predicted octanol–water partition coefficient (Wildman–Crippen LogP) is 2.98. The Morgan fingerprint density at radius 3 is 2.79 bits per heavy atom. The predicted molar refractivity (Wildman–Crippen MR) is 100.0 cm³/mol. The van der Waals surface area contributed by atoms with Crippen LogP contribution in [-0.2, 0) is 9.59 Å². The minimum Gasteiger partial charge on any atom is -0.346 e. The zero-order valence-corrected chi connectivity index (χ0v) is 15.2. The van der Waals surface area contributed by atoms with Crippen molar-refractivity contribution in [1.82, 2.24) is 14.9 Å². The SMILES string of the molecule is O=CC1(N2CC=C(c3cc(NC(=O)C4CC4)nc4[nH]ccc34)CC2)CC1(F)F. The van der Waals surface area contributed by atoms with Crippen molar-refractivity contribution in [2.24, 2.45) is 5.92 Å². The molecule has 6 nitrogen and oxygen atoms in total. The fraction of sp³-hybridized carbons (Fsp3) is 0.450. The normalized spacial score (nSPS) is 26.7. The van der Waals surface area contributed by atoms with Gasteiger partial charge in [-0.3, -0.25) is 9.69 Å². The number of pyridine rings is 1.